The van der Waals surface area contributed by atoms with Crippen molar-refractivity contribution in [3.63, 3.8) is 0 Å². The summed E-state index contributed by atoms with van der Waals surface area (Å²) in [5.41, 5.74) is 1.83. The van der Waals surface area contributed by atoms with E-state index in [9.17, 15) is 4.39 Å². The second-order valence-electron chi connectivity index (χ2n) is 6.61. The number of hydrogen-bond donors (Lipinski definition) is 2. The molecule has 0 bridgehead atoms. The van der Waals surface area contributed by atoms with E-state index in [0.29, 0.717) is 6.54 Å². The molecule has 25 heavy (non-hydrogen) atoms. The summed E-state index contributed by atoms with van der Waals surface area (Å²) in [5, 5.41) is 7.82. The number of hydrogen-bond acceptors (Lipinski definition) is 3. The third-order valence-corrected chi connectivity index (χ3v) is 5.95. The van der Waals surface area contributed by atoms with Crippen molar-refractivity contribution in [1.82, 2.24) is 15.6 Å². The zero-order chi connectivity index (χ0) is 17.9. The molecule has 0 unspecified atom stereocenters. The van der Waals surface area contributed by atoms with Gasteiger partial charge in [0.1, 0.15) is 5.82 Å². The zero-order valence-corrected chi connectivity index (χ0v) is 15.8. The van der Waals surface area contributed by atoms with Gasteiger partial charge in [-0.05, 0) is 38.3 Å². The van der Waals surface area contributed by atoms with Gasteiger partial charge in [-0.15, -0.1) is 11.3 Å². The van der Waals surface area contributed by atoms with E-state index in [2.05, 4.69) is 27.5 Å². The lowest BCUT2D eigenvalue weighted by Gasteiger charge is -2.19. The first-order valence-electron chi connectivity index (χ1n) is 8.66. The van der Waals surface area contributed by atoms with Gasteiger partial charge in [0.25, 0.3) is 0 Å². The minimum Gasteiger partial charge on any atom is -0.356 e. The smallest absolute Gasteiger partial charge is 0.191 e. The van der Waals surface area contributed by atoms with Crippen LogP contribution in [0.5, 0.6) is 0 Å². The maximum atomic E-state index is 14.1. The summed E-state index contributed by atoms with van der Waals surface area (Å²) in [4.78, 5) is 10.1. The van der Waals surface area contributed by atoms with Crippen LogP contribution in [-0.2, 0) is 11.8 Å². The minimum absolute atomic E-state index is 0.0908. The minimum atomic E-state index is -0.112. The fourth-order valence-electron chi connectivity index (χ4n) is 2.99. The Morgan fingerprint density at radius 2 is 2.04 bits per heavy atom. The van der Waals surface area contributed by atoms with E-state index >= 15 is 0 Å². The lowest BCUT2D eigenvalue weighted by atomic mass is 9.95. The van der Waals surface area contributed by atoms with Crippen LogP contribution in [-0.4, -0.2) is 31.1 Å². The van der Waals surface area contributed by atoms with Crippen LogP contribution in [0.3, 0.4) is 0 Å². The monoisotopic (exact) mass is 360 g/mol. The normalized spacial score (nSPS) is 15.9. The number of aliphatic imine (C=N–C) groups is 1. The summed E-state index contributed by atoms with van der Waals surface area (Å²) < 4.78 is 14.1. The molecule has 0 saturated heterocycles. The molecule has 4 nitrogen and oxygen atoms in total. The van der Waals surface area contributed by atoms with Gasteiger partial charge in [-0.3, -0.25) is 4.99 Å². The van der Waals surface area contributed by atoms with Crippen molar-refractivity contribution in [2.24, 2.45) is 4.99 Å². The van der Waals surface area contributed by atoms with Gasteiger partial charge in [0.2, 0.25) is 0 Å². The first-order valence-corrected chi connectivity index (χ1v) is 9.48. The molecule has 1 aliphatic rings. The van der Waals surface area contributed by atoms with Crippen LogP contribution >= 0.6 is 11.3 Å². The lowest BCUT2D eigenvalue weighted by Crippen LogP contribution is -2.42. The Labute approximate surface area is 152 Å². The van der Waals surface area contributed by atoms with Gasteiger partial charge in [-0.2, -0.15) is 0 Å². The third-order valence-electron chi connectivity index (χ3n) is 4.82. The van der Waals surface area contributed by atoms with E-state index in [-0.39, 0.29) is 11.2 Å². The Balaban J connectivity index is 1.50. The van der Waals surface area contributed by atoms with E-state index in [1.165, 1.54) is 4.88 Å². The largest absolute Gasteiger partial charge is 0.356 e. The fourth-order valence-corrected chi connectivity index (χ4v) is 3.92. The van der Waals surface area contributed by atoms with Crippen molar-refractivity contribution in [3.05, 3.63) is 51.2 Å². The Bertz CT molecular complexity index is 745. The molecule has 0 spiro atoms. The van der Waals surface area contributed by atoms with Crippen molar-refractivity contribution in [2.75, 3.05) is 20.1 Å². The summed E-state index contributed by atoms with van der Waals surface area (Å²) in [6, 6.07) is 7.09. The number of nitrogens with one attached hydrogen (secondary N) is 2. The fraction of sp³-hybridized carbons (Fsp3) is 0.474. The standard InChI is InChI=1S/C19H25FN4S/c1-13-14(2)25-17(24-13)8-11-22-18(21-3)23-12-19(9-10-19)15-6-4-5-7-16(15)20/h4-7H,8-12H2,1-3H3,(H2,21,22,23). The number of halogens is 1. The van der Waals surface area contributed by atoms with Crippen LogP contribution in [0.2, 0.25) is 0 Å². The highest BCUT2D eigenvalue weighted by Gasteiger charge is 2.45. The van der Waals surface area contributed by atoms with Crippen LogP contribution in [0, 0.1) is 19.7 Å². The molecule has 1 saturated carbocycles. The second-order valence-corrected chi connectivity index (χ2v) is 7.90. The summed E-state index contributed by atoms with van der Waals surface area (Å²) in [5.74, 6) is 0.645. The highest BCUT2D eigenvalue weighted by Crippen LogP contribution is 2.48. The van der Waals surface area contributed by atoms with Crippen molar-refractivity contribution in [1.29, 1.82) is 0 Å². The highest BCUT2D eigenvalue weighted by atomic mass is 32.1. The Kier molecular flexibility index (Phi) is 5.37. The Morgan fingerprint density at radius 1 is 1.28 bits per heavy atom. The SMILES string of the molecule is CN=C(NCCc1nc(C)c(C)s1)NCC1(c2ccccc2F)CC1. The molecule has 3 rings (SSSR count). The molecule has 1 fully saturated rings. The van der Waals surface area contributed by atoms with E-state index in [1.54, 1.807) is 30.5 Å². The van der Waals surface area contributed by atoms with Crippen LogP contribution in [0.1, 0.15) is 34.0 Å². The zero-order valence-electron chi connectivity index (χ0n) is 15.0. The molecule has 0 atom stereocenters. The molecule has 0 radical (unpaired) electrons. The van der Waals surface area contributed by atoms with Crippen LogP contribution in [0.15, 0.2) is 29.3 Å². The maximum absolute atomic E-state index is 14.1. The Hall–Kier alpha value is -1.95. The van der Waals surface area contributed by atoms with Gasteiger partial charge in [0.15, 0.2) is 5.96 Å². The predicted molar refractivity (Wildman–Crippen MR) is 102 cm³/mol. The Morgan fingerprint density at radius 3 is 2.64 bits per heavy atom. The summed E-state index contributed by atoms with van der Waals surface area (Å²) in [6.45, 7) is 5.62. The van der Waals surface area contributed by atoms with Crippen molar-refractivity contribution in [2.45, 2.75) is 38.5 Å². The van der Waals surface area contributed by atoms with Gasteiger partial charge >= 0.3 is 0 Å². The number of benzene rings is 1. The van der Waals surface area contributed by atoms with Gasteiger partial charge < -0.3 is 10.6 Å². The van der Waals surface area contributed by atoms with Crippen LogP contribution < -0.4 is 10.6 Å². The molecule has 2 aromatic rings. The highest BCUT2D eigenvalue weighted by molar-refractivity contribution is 7.11. The number of aromatic nitrogens is 1. The number of thiazole rings is 1. The second kappa shape index (κ2) is 7.52. The molecule has 134 valence electrons. The van der Waals surface area contributed by atoms with Gasteiger partial charge in [-0.25, -0.2) is 9.37 Å². The molecule has 1 heterocycles. The van der Waals surface area contributed by atoms with Gasteiger partial charge in [0.05, 0.1) is 10.7 Å². The first kappa shape index (κ1) is 17.9. The van der Waals surface area contributed by atoms with Crippen molar-refractivity contribution < 1.29 is 4.39 Å². The van der Waals surface area contributed by atoms with E-state index < -0.39 is 0 Å². The average Bonchev–Trinajstić information content (AvgIpc) is 3.31. The average molecular weight is 361 g/mol. The predicted octanol–water partition coefficient (Wildman–Crippen LogP) is 3.34. The van der Waals surface area contributed by atoms with E-state index in [1.807, 2.05) is 19.1 Å². The molecule has 1 aromatic heterocycles. The molecule has 0 amide bonds. The molecule has 2 N–H and O–H groups in total. The molecule has 1 aromatic carbocycles. The number of aryl methyl sites for hydroxylation is 2. The number of rotatable bonds is 6. The molecule has 6 heteroatoms. The summed E-state index contributed by atoms with van der Waals surface area (Å²) in [7, 11) is 1.76. The molecular weight excluding hydrogens is 335 g/mol. The number of nitrogens with zero attached hydrogens (tertiary/aromatic N) is 2. The molecule has 1 aliphatic carbocycles. The third kappa shape index (κ3) is 4.18. The first-order chi connectivity index (χ1) is 12.0. The van der Waals surface area contributed by atoms with Crippen LogP contribution in [0.4, 0.5) is 4.39 Å². The quantitative estimate of drug-likeness (QED) is 0.614. The van der Waals surface area contributed by atoms with E-state index in [0.717, 1.165) is 48.0 Å². The van der Waals surface area contributed by atoms with E-state index in [4.69, 9.17) is 0 Å². The van der Waals surface area contributed by atoms with Crippen molar-refractivity contribution in [3.8, 4) is 0 Å². The maximum Gasteiger partial charge on any atom is 0.191 e. The van der Waals surface area contributed by atoms with Crippen LogP contribution in [0.25, 0.3) is 0 Å². The van der Waals surface area contributed by atoms with Gasteiger partial charge in [-0.1, -0.05) is 18.2 Å². The number of guanidine groups is 1. The lowest BCUT2D eigenvalue weighted by molar-refractivity contribution is 0.559. The molecular formula is C19H25FN4S. The summed E-state index contributed by atoms with van der Waals surface area (Å²) >= 11 is 1.75. The molecule has 0 aliphatic heterocycles. The topological polar surface area (TPSA) is 49.3 Å². The van der Waals surface area contributed by atoms with Crippen molar-refractivity contribution >= 4 is 17.3 Å². The van der Waals surface area contributed by atoms with Gasteiger partial charge in [0, 0.05) is 36.9 Å². The summed E-state index contributed by atoms with van der Waals surface area (Å²) in [6.07, 6.45) is 2.89.